The van der Waals surface area contributed by atoms with Crippen molar-refractivity contribution in [1.29, 1.82) is 0 Å². The molecular formula is C21H22ClN3O3. The SMILES string of the molecule is CC(=O)NCCNC(=O)C1Cc2ccccc2CN1C(=O)c1ccccc1Cl. The minimum absolute atomic E-state index is 0.156. The molecule has 2 N–H and O–H groups in total. The van der Waals surface area contributed by atoms with E-state index in [2.05, 4.69) is 10.6 Å². The molecule has 0 bridgehead atoms. The molecule has 0 aliphatic carbocycles. The average molecular weight is 400 g/mol. The largest absolute Gasteiger partial charge is 0.355 e. The smallest absolute Gasteiger partial charge is 0.256 e. The van der Waals surface area contributed by atoms with Gasteiger partial charge in [0.25, 0.3) is 5.91 Å². The van der Waals surface area contributed by atoms with Crippen LogP contribution in [-0.4, -0.2) is 41.8 Å². The van der Waals surface area contributed by atoms with Crippen molar-refractivity contribution in [2.75, 3.05) is 13.1 Å². The van der Waals surface area contributed by atoms with E-state index >= 15 is 0 Å². The molecule has 0 fully saturated rings. The quantitative estimate of drug-likeness (QED) is 0.756. The van der Waals surface area contributed by atoms with Crippen molar-refractivity contribution < 1.29 is 14.4 Å². The topological polar surface area (TPSA) is 78.5 Å². The molecule has 2 aromatic rings. The van der Waals surface area contributed by atoms with Crippen molar-refractivity contribution in [3.05, 3.63) is 70.2 Å². The number of hydrogen-bond donors (Lipinski definition) is 2. The summed E-state index contributed by atoms with van der Waals surface area (Å²) in [4.78, 5) is 38.5. The second kappa shape index (κ2) is 8.89. The molecule has 2 aromatic carbocycles. The number of nitrogens with one attached hydrogen (secondary N) is 2. The number of amides is 3. The summed E-state index contributed by atoms with van der Waals surface area (Å²) in [5.41, 5.74) is 2.44. The first-order valence-electron chi connectivity index (χ1n) is 9.12. The van der Waals surface area contributed by atoms with Crippen LogP contribution in [0.5, 0.6) is 0 Å². The van der Waals surface area contributed by atoms with E-state index in [9.17, 15) is 14.4 Å². The van der Waals surface area contributed by atoms with E-state index in [0.29, 0.717) is 36.6 Å². The van der Waals surface area contributed by atoms with Crippen molar-refractivity contribution in [2.24, 2.45) is 0 Å². The van der Waals surface area contributed by atoms with Gasteiger partial charge in [0.1, 0.15) is 6.04 Å². The maximum atomic E-state index is 13.2. The Morgan fingerprint density at radius 3 is 2.36 bits per heavy atom. The Morgan fingerprint density at radius 1 is 1.00 bits per heavy atom. The molecule has 1 aliphatic rings. The number of carbonyl (C=O) groups is 3. The molecule has 6 nitrogen and oxygen atoms in total. The molecule has 146 valence electrons. The third-order valence-electron chi connectivity index (χ3n) is 4.71. The van der Waals surface area contributed by atoms with Gasteiger partial charge >= 0.3 is 0 Å². The third-order valence-corrected chi connectivity index (χ3v) is 5.04. The van der Waals surface area contributed by atoms with E-state index in [1.807, 2.05) is 24.3 Å². The van der Waals surface area contributed by atoms with Crippen LogP contribution in [0.3, 0.4) is 0 Å². The van der Waals surface area contributed by atoms with E-state index in [1.165, 1.54) is 6.92 Å². The molecule has 0 radical (unpaired) electrons. The van der Waals surface area contributed by atoms with Crippen molar-refractivity contribution in [3.8, 4) is 0 Å². The van der Waals surface area contributed by atoms with Gasteiger partial charge < -0.3 is 15.5 Å². The molecule has 3 rings (SSSR count). The van der Waals surface area contributed by atoms with Gasteiger partial charge in [-0.1, -0.05) is 48.0 Å². The van der Waals surface area contributed by atoms with Crippen LogP contribution in [0.1, 0.15) is 28.4 Å². The lowest BCUT2D eigenvalue weighted by Crippen LogP contribution is -2.53. The molecule has 7 heteroatoms. The van der Waals surface area contributed by atoms with Crippen molar-refractivity contribution in [3.63, 3.8) is 0 Å². The van der Waals surface area contributed by atoms with Crippen molar-refractivity contribution in [2.45, 2.75) is 25.9 Å². The van der Waals surface area contributed by atoms with Crippen LogP contribution < -0.4 is 10.6 Å². The molecule has 1 heterocycles. The summed E-state index contributed by atoms with van der Waals surface area (Å²) in [6.07, 6.45) is 0.429. The fourth-order valence-corrected chi connectivity index (χ4v) is 3.52. The van der Waals surface area contributed by atoms with Gasteiger partial charge in [0.15, 0.2) is 0 Å². The van der Waals surface area contributed by atoms with Crippen LogP contribution in [0.4, 0.5) is 0 Å². The monoisotopic (exact) mass is 399 g/mol. The van der Waals surface area contributed by atoms with Crippen LogP contribution in [-0.2, 0) is 22.6 Å². The molecular weight excluding hydrogens is 378 g/mol. The maximum Gasteiger partial charge on any atom is 0.256 e. The normalized spacial score (nSPS) is 15.5. The number of nitrogens with zero attached hydrogens (tertiary/aromatic N) is 1. The van der Waals surface area contributed by atoms with E-state index in [1.54, 1.807) is 29.2 Å². The van der Waals surface area contributed by atoms with Crippen LogP contribution in [0.2, 0.25) is 5.02 Å². The highest BCUT2D eigenvalue weighted by Crippen LogP contribution is 2.27. The molecule has 3 amide bonds. The Balaban J connectivity index is 1.82. The third kappa shape index (κ3) is 4.51. The lowest BCUT2D eigenvalue weighted by atomic mass is 9.92. The lowest BCUT2D eigenvalue weighted by molar-refractivity contribution is -0.126. The first-order valence-corrected chi connectivity index (χ1v) is 9.49. The number of halogens is 1. The molecule has 0 saturated carbocycles. The molecule has 1 atom stereocenters. The Kier molecular flexibility index (Phi) is 6.31. The number of hydrogen-bond acceptors (Lipinski definition) is 3. The fraction of sp³-hybridized carbons (Fsp3) is 0.286. The van der Waals surface area contributed by atoms with Gasteiger partial charge in [0.2, 0.25) is 11.8 Å². The van der Waals surface area contributed by atoms with Gasteiger partial charge in [-0.2, -0.15) is 0 Å². The second-order valence-electron chi connectivity index (χ2n) is 6.68. The summed E-state index contributed by atoms with van der Waals surface area (Å²) in [5.74, 6) is -0.682. The predicted octanol–water partition coefficient (Wildman–Crippen LogP) is 2.16. The Hall–Kier alpha value is -2.86. The Bertz CT molecular complexity index is 900. The number of benzene rings is 2. The summed E-state index contributed by atoms with van der Waals surface area (Å²) >= 11 is 6.21. The zero-order valence-corrected chi connectivity index (χ0v) is 16.3. The highest BCUT2D eigenvalue weighted by atomic mass is 35.5. The number of fused-ring (bicyclic) bond motifs is 1. The predicted molar refractivity (Wildman–Crippen MR) is 107 cm³/mol. The molecule has 1 aliphatic heterocycles. The maximum absolute atomic E-state index is 13.2. The van der Waals surface area contributed by atoms with Gasteiger partial charge in [0, 0.05) is 33.0 Å². The van der Waals surface area contributed by atoms with E-state index in [4.69, 9.17) is 11.6 Å². The highest BCUT2D eigenvalue weighted by molar-refractivity contribution is 6.33. The van der Waals surface area contributed by atoms with Crippen LogP contribution in [0, 0.1) is 0 Å². The lowest BCUT2D eigenvalue weighted by Gasteiger charge is -2.36. The zero-order valence-electron chi connectivity index (χ0n) is 15.6. The van der Waals surface area contributed by atoms with E-state index in [-0.39, 0.29) is 17.7 Å². The highest BCUT2D eigenvalue weighted by Gasteiger charge is 2.35. The van der Waals surface area contributed by atoms with Crippen LogP contribution in [0.15, 0.2) is 48.5 Å². The molecule has 0 saturated heterocycles. The minimum atomic E-state index is -0.643. The molecule has 1 unspecified atom stereocenters. The summed E-state index contributed by atoms with van der Waals surface area (Å²) < 4.78 is 0. The Labute approximate surface area is 168 Å². The number of rotatable bonds is 5. The van der Waals surface area contributed by atoms with E-state index in [0.717, 1.165) is 11.1 Å². The second-order valence-corrected chi connectivity index (χ2v) is 7.08. The first-order chi connectivity index (χ1) is 13.5. The molecule has 28 heavy (non-hydrogen) atoms. The standard InChI is InChI=1S/C21H22ClN3O3/c1-14(26)23-10-11-24-20(27)19-12-15-6-2-3-7-16(15)13-25(19)21(28)17-8-4-5-9-18(17)22/h2-9,19H,10-13H2,1H3,(H,23,26)(H,24,27). The Morgan fingerprint density at radius 2 is 1.64 bits per heavy atom. The summed E-state index contributed by atoms with van der Waals surface area (Å²) in [6, 6.07) is 14.0. The first kappa shape index (κ1) is 19.9. The van der Waals surface area contributed by atoms with Crippen molar-refractivity contribution >= 4 is 29.3 Å². The number of carbonyl (C=O) groups excluding carboxylic acids is 3. The molecule has 0 spiro atoms. The van der Waals surface area contributed by atoms with Gasteiger partial charge in [-0.15, -0.1) is 0 Å². The summed E-state index contributed by atoms with van der Waals surface area (Å²) in [7, 11) is 0. The van der Waals surface area contributed by atoms with Crippen LogP contribution >= 0.6 is 11.6 Å². The van der Waals surface area contributed by atoms with Gasteiger partial charge in [-0.05, 0) is 23.3 Å². The van der Waals surface area contributed by atoms with E-state index < -0.39 is 6.04 Å². The summed E-state index contributed by atoms with van der Waals surface area (Å²) in [6.45, 7) is 2.39. The van der Waals surface area contributed by atoms with Crippen LogP contribution in [0.25, 0.3) is 0 Å². The fourth-order valence-electron chi connectivity index (χ4n) is 3.30. The minimum Gasteiger partial charge on any atom is -0.355 e. The molecule has 0 aromatic heterocycles. The van der Waals surface area contributed by atoms with Gasteiger partial charge in [-0.3, -0.25) is 14.4 Å². The van der Waals surface area contributed by atoms with Gasteiger partial charge in [0.05, 0.1) is 10.6 Å². The summed E-state index contributed by atoms with van der Waals surface area (Å²) in [5, 5.41) is 5.80. The van der Waals surface area contributed by atoms with Crippen molar-refractivity contribution in [1.82, 2.24) is 15.5 Å². The average Bonchev–Trinajstić information content (AvgIpc) is 2.69. The van der Waals surface area contributed by atoms with Gasteiger partial charge in [-0.25, -0.2) is 0 Å². The zero-order chi connectivity index (χ0) is 20.1.